The van der Waals surface area contributed by atoms with Crippen molar-refractivity contribution in [2.24, 2.45) is 0 Å². The lowest BCUT2D eigenvalue weighted by atomic mass is 10.0. The second-order valence-corrected chi connectivity index (χ2v) is 9.32. The molecule has 0 N–H and O–H groups in total. The van der Waals surface area contributed by atoms with E-state index in [1.165, 1.54) is 77.1 Å². The molecule has 2 aliphatic rings. The Hall–Kier alpha value is -2.00. The summed E-state index contributed by atoms with van der Waals surface area (Å²) >= 11 is 0. The van der Waals surface area contributed by atoms with Crippen LogP contribution in [0.25, 0.3) is 0 Å². The van der Waals surface area contributed by atoms with Gasteiger partial charge in [-0.3, -0.25) is 4.90 Å². The maximum Gasteiger partial charge on any atom is 0.160 e. The van der Waals surface area contributed by atoms with E-state index in [0.29, 0.717) is 6.29 Å². The predicted molar refractivity (Wildman–Crippen MR) is 125 cm³/mol. The Morgan fingerprint density at radius 2 is 0.931 bits per heavy atom. The highest BCUT2D eigenvalue weighted by atomic mass is 15.6. The number of aryl methyl sites for hydroxylation is 6. The van der Waals surface area contributed by atoms with Gasteiger partial charge < -0.3 is 9.80 Å². The molecule has 2 aromatic carbocycles. The summed E-state index contributed by atoms with van der Waals surface area (Å²) in [6.45, 7) is 18.1. The van der Waals surface area contributed by atoms with Gasteiger partial charge in [-0.25, -0.2) is 0 Å². The van der Waals surface area contributed by atoms with Gasteiger partial charge in [0, 0.05) is 37.6 Å². The van der Waals surface area contributed by atoms with Gasteiger partial charge in [0.2, 0.25) is 0 Å². The molecule has 0 radical (unpaired) electrons. The molecule has 0 amide bonds. The maximum absolute atomic E-state index is 2.73. The van der Waals surface area contributed by atoms with E-state index in [-0.39, 0.29) is 0 Å². The normalized spacial score (nSPS) is 18.7. The first-order chi connectivity index (χ1) is 13.9. The quantitative estimate of drug-likeness (QED) is 0.671. The summed E-state index contributed by atoms with van der Waals surface area (Å²) in [5.74, 6) is 0. The summed E-state index contributed by atoms with van der Waals surface area (Å²) in [5.41, 5.74) is 11.2. The van der Waals surface area contributed by atoms with Crippen molar-refractivity contribution in [3.05, 3.63) is 57.6 Å². The molecule has 0 aromatic heterocycles. The molecule has 0 atom stereocenters. The molecule has 3 nitrogen and oxygen atoms in total. The Morgan fingerprint density at radius 1 is 0.552 bits per heavy atom. The summed E-state index contributed by atoms with van der Waals surface area (Å²) in [6, 6.07) is 9.39. The molecule has 29 heavy (non-hydrogen) atoms. The van der Waals surface area contributed by atoms with E-state index in [9.17, 15) is 0 Å². The minimum Gasteiger partial charge on any atom is -0.336 e. The van der Waals surface area contributed by atoms with Crippen LogP contribution in [0.15, 0.2) is 24.3 Å². The molecule has 156 valence electrons. The molecule has 0 bridgehead atoms. The van der Waals surface area contributed by atoms with Crippen molar-refractivity contribution >= 4 is 11.4 Å². The molecule has 0 aliphatic carbocycles. The first-order valence-electron chi connectivity index (χ1n) is 11.3. The molecular formula is C26H37N3. The number of likely N-dealkylation sites (tertiary alicyclic amines) is 1. The van der Waals surface area contributed by atoms with Gasteiger partial charge in [0.05, 0.1) is 0 Å². The standard InChI is InChI=1S/C26H37N3/c1-18-14-20(3)24(21(4)15-18)28-12-13-29(26(28)27-10-8-7-9-11-27)25-22(5)16-19(2)17-23(25)6/h14-17,26H,7-13H2,1-6H3. The third-order valence-electron chi connectivity index (χ3n) is 6.70. The Labute approximate surface area is 177 Å². The van der Waals surface area contributed by atoms with Crippen molar-refractivity contribution in [1.29, 1.82) is 0 Å². The zero-order valence-corrected chi connectivity index (χ0v) is 19.2. The molecule has 2 saturated heterocycles. The average molecular weight is 392 g/mol. The van der Waals surface area contributed by atoms with Crippen LogP contribution in [0.4, 0.5) is 11.4 Å². The van der Waals surface area contributed by atoms with Gasteiger partial charge >= 0.3 is 0 Å². The second kappa shape index (κ2) is 8.02. The molecule has 0 saturated carbocycles. The zero-order chi connectivity index (χ0) is 20.7. The summed E-state index contributed by atoms with van der Waals surface area (Å²) < 4.78 is 0. The predicted octanol–water partition coefficient (Wildman–Crippen LogP) is 5.63. The average Bonchev–Trinajstić information content (AvgIpc) is 3.05. The fraction of sp³-hybridized carbons (Fsp3) is 0.538. The first-order valence-corrected chi connectivity index (χ1v) is 11.3. The second-order valence-electron chi connectivity index (χ2n) is 9.32. The van der Waals surface area contributed by atoms with Crippen LogP contribution in [0, 0.1) is 41.5 Å². The van der Waals surface area contributed by atoms with E-state index >= 15 is 0 Å². The lowest BCUT2D eigenvalue weighted by Gasteiger charge is -2.44. The topological polar surface area (TPSA) is 9.72 Å². The van der Waals surface area contributed by atoms with Gasteiger partial charge in [0.25, 0.3) is 0 Å². The SMILES string of the molecule is Cc1cc(C)c(N2CCN(c3c(C)cc(C)cc3C)C2N2CCCCC2)c(C)c1. The van der Waals surface area contributed by atoms with E-state index in [1.807, 2.05) is 0 Å². The van der Waals surface area contributed by atoms with Crippen molar-refractivity contribution in [2.45, 2.75) is 67.1 Å². The zero-order valence-electron chi connectivity index (χ0n) is 19.2. The number of hydrogen-bond acceptors (Lipinski definition) is 3. The first kappa shape index (κ1) is 20.3. The van der Waals surface area contributed by atoms with Gasteiger partial charge in [0.1, 0.15) is 0 Å². The summed E-state index contributed by atoms with van der Waals surface area (Å²) in [4.78, 5) is 8.11. The largest absolute Gasteiger partial charge is 0.336 e. The summed E-state index contributed by atoms with van der Waals surface area (Å²) in [5, 5.41) is 0. The molecular weight excluding hydrogens is 354 g/mol. The minimum absolute atomic E-state index is 0.315. The number of anilines is 2. The van der Waals surface area contributed by atoms with Crippen molar-refractivity contribution in [3.8, 4) is 0 Å². The smallest absolute Gasteiger partial charge is 0.160 e. The van der Waals surface area contributed by atoms with E-state index in [1.54, 1.807) is 0 Å². The van der Waals surface area contributed by atoms with Crippen LogP contribution in [-0.4, -0.2) is 37.4 Å². The highest BCUT2D eigenvalue weighted by Crippen LogP contribution is 2.38. The number of benzene rings is 2. The van der Waals surface area contributed by atoms with Gasteiger partial charge in [-0.2, -0.15) is 0 Å². The highest BCUT2D eigenvalue weighted by molar-refractivity contribution is 5.67. The van der Waals surface area contributed by atoms with Crippen LogP contribution < -0.4 is 9.80 Å². The molecule has 2 aliphatic heterocycles. The Morgan fingerprint density at radius 3 is 1.31 bits per heavy atom. The number of hydrogen-bond donors (Lipinski definition) is 0. The molecule has 2 heterocycles. The van der Waals surface area contributed by atoms with E-state index in [4.69, 9.17) is 0 Å². The van der Waals surface area contributed by atoms with Crippen LogP contribution in [0.3, 0.4) is 0 Å². The molecule has 0 spiro atoms. The third-order valence-corrected chi connectivity index (χ3v) is 6.70. The van der Waals surface area contributed by atoms with E-state index in [0.717, 1.165) is 13.1 Å². The van der Waals surface area contributed by atoms with Gasteiger partial charge in [-0.15, -0.1) is 0 Å². The molecule has 3 heteroatoms. The monoisotopic (exact) mass is 391 g/mol. The lowest BCUT2D eigenvalue weighted by molar-refractivity contribution is 0.169. The maximum atomic E-state index is 2.73. The van der Waals surface area contributed by atoms with Gasteiger partial charge in [-0.1, -0.05) is 41.8 Å². The fourth-order valence-electron chi connectivity index (χ4n) is 5.86. The number of rotatable bonds is 3. The molecule has 0 unspecified atom stereocenters. The van der Waals surface area contributed by atoms with Gasteiger partial charge in [-0.05, 0) is 76.6 Å². The van der Waals surface area contributed by atoms with Crippen molar-refractivity contribution in [1.82, 2.24) is 4.90 Å². The van der Waals surface area contributed by atoms with Crippen LogP contribution in [0.1, 0.15) is 52.6 Å². The molecule has 2 aromatic rings. The number of nitrogens with zero attached hydrogens (tertiary/aromatic N) is 3. The summed E-state index contributed by atoms with van der Waals surface area (Å²) in [6.07, 6.45) is 4.32. The highest BCUT2D eigenvalue weighted by Gasteiger charge is 2.39. The third kappa shape index (κ3) is 3.77. The Bertz CT molecular complexity index is 783. The van der Waals surface area contributed by atoms with Crippen molar-refractivity contribution in [3.63, 3.8) is 0 Å². The van der Waals surface area contributed by atoms with E-state index in [2.05, 4.69) is 80.5 Å². The Kier molecular flexibility index (Phi) is 5.61. The lowest BCUT2D eigenvalue weighted by Crippen LogP contribution is -2.54. The summed E-state index contributed by atoms with van der Waals surface area (Å²) in [7, 11) is 0. The van der Waals surface area contributed by atoms with Crippen LogP contribution in [0.2, 0.25) is 0 Å². The van der Waals surface area contributed by atoms with Crippen LogP contribution >= 0.6 is 0 Å². The number of piperidine rings is 1. The van der Waals surface area contributed by atoms with Crippen molar-refractivity contribution < 1.29 is 0 Å². The minimum atomic E-state index is 0.315. The van der Waals surface area contributed by atoms with E-state index < -0.39 is 0 Å². The Balaban J connectivity index is 1.80. The van der Waals surface area contributed by atoms with Gasteiger partial charge in [0.15, 0.2) is 6.29 Å². The molecule has 2 fully saturated rings. The fourth-order valence-corrected chi connectivity index (χ4v) is 5.86. The molecule has 4 rings (SSSR count). The van der Waals surface area contributed by atoms with Crippen molar-refractivity contribution in [2.75, 3.05) is 36.0 Å². The van der Waals surface area contributed by atoms with Crippen LogP contribution in [-0.2, 0) is 0 Å². The van der Waals surface area contributed by atoms with Crippen LogP contribution in [0.5, 0.6) is 0 Å².